The molecule has 122 valence electrons. The van der Waals surface area contributed by atoms with E-state index in [0.717, 1.165) is 29.7 Å². The zero-order chi connectivity index (χ0) is 16.4. The molecule has 1 aliphatic rings. The highest BCUT2D eigenvalue weighted by molar-refractivity contribution is 5.88. The van der Waals surface area contributed by atoms with Crippen molar-refractivity contribution in [2.45, 2.75) is 0 Å². The Morgan fingerprint density at radius 1 is 1.08 bits per heavy atom. The molecule has 24 heavy (non-hydrogen) atoms. The number of ether oxygens (including phenoxy) is 1. The van der Waals surface area contributed by atoms with Crippen LogP contribution >= 0.6 is 0 Å². The maximum atomic E-state index is 12.4. The molecule has 4 rings (SSSR count). The van der Waals surface area contributed by atoms with Crippen molar-refractivity contribution in [3.8, 4) is 5.75 Å². The van der Waals surface area contributed by atoms with E-state index in [0.29, 0.717) is 18.8 Å². The lowest BCUT2D eigenvalue weighted by Gasteiger charge is -2.35. The Labute approximate surface area is 139 Å². The molecular formula is C18H18N4O2. The molecule has 0 atom stereocenters. The van der Waals surface area contributed by atoms with Crippen LogP contribution in [0.3, 0.4) is 0 Å². The molecule has 1 aliphatic heterocycles. The van der Waals surface area contributed by atoms with Gasteiger partial charge in [0.2, 0.25) is 0 Å². The summed E-state index contributed by atoms with van der Waals surface area (Å²) in [7, 11) is 0. The number of aromatic nitrogens is 2. The molecule has 6 heteroatoms. The van der Waals surface area contributed by atoms with E-state index in [2.05, 4.69) is 14.9 Å². The van der Waals surface area contributed by atoms with Crippen molar-refractivity contribution >= 4 is 22.7 Å². The van der Waals surface area contributed by atoms with Gasteiger partial charge < -0.3 is 19.5 Å². The number of benzene rings is 1. The Bertz CT molecular complexity index is 838. The van der Waals surface area contributed by atoms with Crippen molar-refractivity contribution in [3.05, 3.63) is 55.0 Å². The Hall–Kier alpha value is -3.02. The van der Waals surface area contributed by atoms with Gasteiger partial charge in [-0.2, -0.15) is 0 Å². The van der Waals surface area contributed by atoms with E-state index in [1.807, 2.05) is 42.6 Å². The first-order valence-electron chi connectivity index (χ1n) is 7.99. The van der Waals surface area contributed by atoms with Gasteiger partial charge in [0.15, 0.2) is 5.75 Å². The molecule has 0 aliphatic carbocycles. The van der Waals surface area contributed by atoms with Gasteiger partial charge >= 0.3 is 6.09 Å². The summed E-state index contributed by atoms with van der Waals surface area (Å²) in [6.07, 6.45) is 5.04. The zero-order valence-corrected chi connectivity index (χ0v) is 13.2. The fraction of sp³-hybridized carbons (Fsp3) is 0.222. The lowest BCUT2D eigenvalue weighted by Crippen LogP contribution is -2.49. The van der Waals surface area contributed by atoms with Crippen LogP contribution in [-0.4, -0.2) is 47.1 Å². The number of H-pyrrole nitrogens is 1. The number of nitrogens with zero attached hydrogens (tertiary/aromatic N) is 3. The number of piperazine rings is 1. The number of para-hydroxylation sites is 1. The maximum absolute atomic E-state index is 12.4. The first kappa shape index (κ1) is 14.6. The average Bonchev–Trinajstić information content (AvgIpc) is 3.06. The summed E-state index contributed by atoms with van der Waals surface area (Å²) in [5, 5.41) is 0.917. The van der Waals surface area contributed by atoms with Gasteiger partial charge in [0.05, 0.1) is 11.9 Å². The number of nitrogens with one attached hydrogen (secondary N) is 1. The van der Waals surface area contributed by atoms with Crippen molar-refractivity contribution in [3.63, 3.8) is 0 Å². The van der Waals surface area contributed by atoms with Crippen molar-refractivity contribution in [1.82, 2.24) is 14.9 Å². The van der Waals surface area contributed by atoms with Gasteiger partial charge in [-0.05, 0) is 24.3 Å². The standard InChI is InChI=1S/C18H18N4O2/c23-18(24-17-13-20-16-6-2-1-5-15(16)17)22-10-8-21(9-11-22)14-4-3-7-19-12-14/h1-7,12-13,20H,8-11H2. The quantitative estimate of drug-likeness (QED) is 0.788. The second-order valence-corrected chi connectivity index (χ2v) is 5.75. The summed E-state index contributed by atoms with van der Waals surface area (Å²) in [6, 6.07) is 11.7. The third kappa shape index (κ3) is 2.78. The van der Waals surface area contributed by atoms with Crippen LogP contribution in [0, 0.1) is 0 Å². The van der Waals surface area contributed by atoms with Gasteiger partial charge in [-0.1, -0.05) is 12.1 Å². The summed E-state index contributed by atoms with van der Waals surface area (Å²) in [4.78, 5) is 23.6. The Balaban J connectivity index is 1.40. The normalized spacial score (nSPS) is 14.8. The highest BCUT2D eigenvalue weighted by Crippen LogP contribution is 2.25. The topological polar surface area (TPSA) is 61.5 Å². The summed E-state index contributed by atoms with van der Waals surface area (Å²) in [5.74, 6) is 0.574. The Morgan fingerprint density at radius 3 is 2.71 bits per heavy atom. The molecule has 3 heterocycles. The number of fused-ring (bicyclic) bond motifs is 1. The minimum atomic E-state index is -0.300. The van der Waals surface area contributed by atoms with Gasteiger partial charge in [0.1, 0.15) is 0 Å². The van der Waals surface area contributed by atoms with Gasteiger partial charge in [-0.25, -0.2) is 4.79 Å². The number of pyridine rings is 1. The molecule has 1 amide bonds. The lowest BCUT2D eigenvalue weighted by molar-refractivity contribution is 0.150. The highest BCUT2D eigenvalue weighted by Gasteiger charge is 2.23. The number of rotatable bonds is 2. The lowest BCUT2D eigenvalue weighted by atomic mass is 10.2. The highest BCUT2D eigenvalue weighted by atomic mass is 16.6. The summed E-state index contributed by atoms with van der Waals surface area (Å²) in [5.41, 5.74) is 2.05. The number of carbonyl (C=O) groups is 1. The van der Waals surface area contributed by atoms with Crippen LogP contribution in [0.15, 0.2) is 55.0 Å². The van der Waals surface area contributed by atoms with Crippen LogP contribution in [-0.2, 0) is 0 Å². The number of aromatic amines is 1. The van der Waals surface area contributed by atoms with Crippen LogP contribution in [0.2, 0.25) is 0 Å². The molecule has 0 radical (unpaired) electrons. The Morgan fingerprint density at radius 2 is 1.92 bits per heavy atom. The fourth-order valence-corrected chi connectivity index (χ4v) is 2.98. The van der Waals surface area contributed by atoms with E-state index in [9.17, 15) is 4.79 Å². The van der Waals surface area contributed by atoms with Gasteiger partial charge in [0.25, 0.3) is 0 Å². The monoisotopic (exact) mass is 322 g/mol. The van der Waals surface area contributed by atoms with Gasteiger partial charge in [0, 0.05) is 49.5 Å². The summed E-state index contributed by atoms with van der Waals surface area (Å²) in [6.45, 7) is 2.82. The average molecular weight is 322 g/mol. The molecule has 1 aromatic carbocycles. The molecule has 2 aromatic heterocycles. The van der Waals surface area contributed by atoms with Crippen LogP contribution in [0.25, 0.3) is 10.9 Å². The molecule has 1 saturated heterocycles. The molecule has 0 saturated carbocycles. The van der Waals surface area contributed by atoms with Crippen LogP contribution < -0.4 is 9.64 Å². The smallest absolute Gasteiger partial charge is 0.408 e. The molecular weight excluding hydrogens is 304 g/mol. The molecule has 0 unspecified atom stereocenters. The number of anilines is 1. The first-order valence-corrected chi connectivity index (χ1v) is 7.99. The van der Waals surface area contributed by atoms with Crippen molar-refractivity contribution in [2.75, 3.05) is 31.1 Å². The number of hydrogen-bond acceptors (Lipinski definition) is 4. The van der Waals surface area contributed by atoms with E-state index in [-0.39, 0.29) is 6.09 Å². The van der Waals surface area contributed by atoms with E-state index in [1.165, 1.54) is 0 Å². The van der Waals surface area contributed by atoms with E-state index in [1.54, 1.807) is 17.3 Å². The first-order chi connectivity index (χ1) is 11.8. The maximum Gasteiger partial charge on any atom is 0.415 e. The number of carbonyl (C=O) groups excluding carboxylic acids is 1. The number of hydrogen-bond donors (Lipinski definition) is 1. The predicted octanol–water partition coefficient (Wildman–Crippen LogP) is 2.88. The summed E-state index contributed by atoms with van der Waals surface area (Å²) < 4.78 is 5.57. The predicted molar refractivity (Wildman–Crippen MR) is 92.3 cm³/mol. The Kier molecular flexibility index (Phi) is 3.78. The van der Waals surface area contributed by atoms with Crippen LogP contribution in [0.4, 0.5) is 10.5 Å². The molecule has 1 fully saturated rings. The molecule has 0 spiro atoms. The second-order valence-electron chi connectivity index (χ2n) is 5.75. The van der Waals surface area contributed by atoms with Gasteiger partial charge in [-0.15, -0.1) is 0 Å². The number of amides is 1. The van der Waals surface area contributed by atoms with Crippen molar-refractivity contribution < 1.29 is 9.53 Å². The van der Waals surface area contributed by atoms with Gasteiger partial charge in [-0.3, -0.25) is 4.98 Å². The minimum absolute atomic E-state index is 0.300. The third-order valence-corrected chi connectivity index (χ3v) is 4.30. The third-order valence-electron chi connectivity index (χ3n) is 4.30. The molecule has 6 nitrogen and oxygen atoms in total. The van der Waals surface area contributed by atoms with Crippen LogP contribution in [0.1, 0.15) is 0 Å². The van der Waals surface area contributed by atoms with Crippen molar-refractivity contribution in [1.29, 1.82) is 0 Å². The SMILES string of the molecule is O=C(Oc1c[nH]c2ccccc12)N1CCN(c2cccnc2)CC1. The molecule has 0 bridgehead atoms. The van der Waals surface area contributed by atoms with Crippen molar-refractivity contribution in [2.24, 2.45) is 0 Å². The molecule has 3 aromatic rings. The van der Waals surface area contributed by atoms with E-state index >= 15 is 0 Å². The molecule has 1 N–H and O–H groups in total. The second kappa shape index (κ2) is 6.23. The van der Waals surface area contributed by atoms with Crippen LogP contribution in [0.5, 0.6) is 5.75 Å². The minimum Gasteiger partial charge on any atom is -0.408 e. The largest absolute Gasteiger partial charge is 0.415 e. The van der Waals surface area contributed by atoms with E-state index < -0.39 is 0 Å². The fourth-order valence-electron chi connectivity index (χ4n) is 2.98. The zero-order valence-electron chi connectivity index (χ0n) is 13.2. The summed E-state index contributed by atoms with van der Waals surface area (Å²) >= 11 is 0. The van der Waals surface area contributed by atoms with E-state index in [4.69, 9.17) is 4.74 Å².